The molecule has 2 amide bonds. The maximum Gasteiger partial charge on any atom is 0.291 e. The van der Waals surface area contributed by atoms with Gasteiger partial charge in [-0.3, -0.25) is 14.3 Å². The predicted molar refractivity (Wildman–Crippen MR) is 128 cm³/mol. The zero-order chi connectivity index (χ0) is 24.6. The van der Waals surface area contributed by atoms with Crippen LogP contribution in [0.3, 0.4) is 0 Å². The molecule has 1 aliphatic heterocycles. The maximum absolute atomic E-state index is 13.2. The van der Waals surface area contributed by atoms with Gasteiger partial charge in [-0.2, -0.15) is 5.10 Å². The van der Waals surface area contributed by atoms with Gasteiger partial charge in [-0.25, -0.2) is 8.42 Å². The smallest absolute Gasteiger partial charge is 0.291 e. The van der Waals surface area contributed by atoms with Gasteiger partial charge in [-0.1, -0.05) is 6.07 Å². The van der Waals surface area contributed by atoms with Crippen LogP contribution in [0.1, 0.15) is 55.9 Å². The first kappa shape index (κ1) is 23.7. The summed E-state index contributed by atoms with van der Waals surface area (Å²) >= 11 is 0. The number of sulfone groups is 1. The number of hydrogen-bond acceptors (Lipinski definition) is 6. The molecule has 0 aliphatic carbocycles. The fourth-order valence-corrected chi connectivity index (χ4v) is 5.95. The van der Waals surface area contributed by atoms with E-state index in [0.717, 1.165) is 22.5 Å². The summed E-state index contributed by atoms with van der Waals surface area (Å²) in [5.41, 5.74) is 4.33. The molecule has 0 radical (unpaired) electrons. The number of carbonyl (C=O) groups excluding carboxylic acids is 2. The highest BCUT2D eigenvalue weighted by atomic mass is 32.2. The topological polar surface area (TPSA) is 115 Å². The normalized spacial score (nSPS) is 17.0. The number of nitrogens with one attached hydrogen (secondary N) is 1. The van der Waals surface area contributed by atoms with Crippen LogP contribution in [0.2, 0.25) is 0 Å². The molecule has 0 unspecified atom stereocenters. The second kappa shape index (κ2) is 9.09. The second-order valence-electron chi connectivity index (χ2n) is 8.77. The van der Waals surface area contributed by atoms with Crippen molar-refractivity contribution < 1.29 is 22.4 Å². The average molecular weight is 485 g/mol. The first-order valence-corrected chi connectivity index (χ1v) is 12.8. The molecular weight excluding hydrogens is 456 g/mol. The van der Waals surface area contributed by atoms with Crippen molar-refractivity contribution in [2.75, 3.05) is 23.9 Å². The summed E-state index contributed by atoms with van der Waals surface area (Å²) in [4.78, 5) is 27.1. The van der Waals surface area contributed by atoms with E-state index in [9.17, 15) is 18.0 Å². The van der Waals surface area contributed by atoms with E-state index in [-0.39, 0.29) is 29.2 Å². The molecule has 1 saturated heterocycles. The van der Waals surface area contributed by atoms with Gasteiger partial charge in [0.2, 0.25) is 0 Å². The summed E-state index contributed by atoms with van der Waals surface area (Å²) in [6, 6.07) is 8.20. The first-order chi connectivity index (χ1) is 16.1. The number of carbonyl (C=O) groups is 2. The Morgan fingerprint density at radius 3 is 2.65 bits per heavy atom. The lowest BCUT2D eigenvalue weighted by atomic mass is 10.1. The number of furan rings is 1. The third-order valence-electron chi connectivity index (χ3n) is 6.25. The van der Waals surface area contributed by atoms with Gasteiger partial charge >= 0.3 is 0 Å². The Morgan fingerprint density at radius 1 is 1.24 bits per heavy atom. The summed E-state index contributed by atoms with van der Waals surface area (Å²) in [5.74, 6) is -0.136. The molecule has 180 valence electrons. The van der Waals surface area contributed by atoms with Gasteiger partial charge in [0.25, 0.3) is 11.8 Å². The summed E-state index contributed by atoms with van der Waals surface area (Å²) in [6.07, 6.45) is 1.98. The van der Waals surface area contributed by atoms with Crippen LogP contribution < -0.4 is 5.32 Å². The Kier molecular flexibility index (Phi) is 6.35. The Morgan fingerprint density at radius 2 is 2.00 bits per heavy atom. The van der Waals surface area contributed by atoms with Crippen molar-refractivity contribution in [3.05, 3.63) is 70.4 Å². The van der Waals surface area contributed by atoms with E-state index in [0.29, 0.717) is 24.2 Å². The molecule has 4 rings (SSSR count). The Balaban J connectivity index is 1.51. The fourth-order valence-electron chi connectivity index (χ4n) is 4.26. The van der Waals surface area contributed by atoms with Crippen LogP contribution in [0.4, 0.5) is 5.69 Å². The van der Waals surface area contributed by atoms with Gasteiger partial charge in [0.05, 0.1) is 29.5 Å². The predicted octanol–water partition coefficient (Wildman–Crippen LogP) is 3.29. The molecule has 9 nitrogen and oxygen atoms in total. The Hall–Kier alpha value is -3.40. The van der Waals surface area contributed by atoms with Crippen LogP contribution in [0, 0.1) is 20.8 Å². The molecule has 3 aromatic rings. The standard InChI is InChI=1S/C24H28N4O5S/c1-15-7-8-18(12-21(15)25-23(29)22-6-5-10-33-22)24(30)27(4)13-20-16(2)26-28(17(20)3)19-9-11-34(31,32)14-19/h5-8,10,12,19H,9,11,13-14H2,1-4H3,(H,25,29)/t19-/m0/s1. The number of anilines is 1. The summed E-state index contributed by atoms with van der Waals surface area (Å²) in [5, 5.41) is 7.37. The van der Waals surface area contributed by atoms with E-state index in [1.807, 2.05) is 20.8 Å². The molecule has 1 fully saturated rings. The summed E-state index contributed by atoms with van der Waals surface area (Å²) < 4.78 is 30.7. The average Bonchev–Trinajstić information content (AvgIpc) is 3.51. The number of aryl methyl sites for hydroxylation is 2. The SMILES string of the molecule is Cc1ccc(C(=O)N(C)Cc2c(C)nn([C@H]3CCS(=O)(=O)C3)c2C)cc1NC(=O)c1ccco1. The molecule has 0 bridgehead atoms. The molecule has 3 heterocycles. The van der Waals surface area contributed by atoms with Crippen LogP contribution >= 0.6 is 0 Å². The number of amides is 2. The van der Waals surface area contributed by atoms with Crippen molar-refractivity contribution in [1.82, 2.24) is 14.7 Å². The number of rotatable bonds is 6. The van der Waals surface area contributed by atoms with E-state index in [1.165, 1.54) is 6.26 Å². The van der Waals surface area contributed by atoms with Gasteiger partial charge in [0, 0.05) is 36.1 Å². The fraction of sp³-hybridized carbons (Fsp3) is 0.375. The molecule has 1 aliphatic rings. The van der Waals surface area contributed by atoms with Crippen molar-refractivity contribution in [1.29, 1.82) is 0 Å². The monoisotopic (exact) mass is 484 g/mol. The lowest BCUT2D eigenvalue weighted by molar-refractivity contribution is 0.0784. The van der Waals surface area contributed by atoms with Crippen molar-refractivity contribution in [2.24, 2.45) is 0 Å². The number of nitrogens with zero attached hydrogens (tertiary/aromatic N) is 3. The highest BCUT2D eigenvalue weighted by Gasteiger charge is 2.31. The molecule has 1 aromatic carbocycles. The molecule has 1 atom stereocenters. The Labute approximate surface area is 198 Å². The zero-order valence-corrected chi connectivity index (χ0v) is 20.5. The maximum atomic E-state index is 13.2. The number of benzene rings is 1. The molecule has 0 spiro atoms. The van der Waals surface area contributed by atoms with Gasteiger partial charge in [0.15, 0.2) is 15.6 Å². The van der Waals surface area contributed by atoms with Gasteiger partial charge in [0.1, 0.15) is 0 Å². The van der Waals surface area contributed by atoms with Gasteiger partial charge < -0.3 is 14.6 Å². The van der Waals surface area contributed by atoms with Crippen LogP contribution in [0.15, 0.2) is 41.0 Å². The highest BCUT2D eigenvalue weighted by Crippen LogP contribution is 2.27. The van der Waals surface area contributed by atoms with E-state index in [1.54, 1.807) is 47.0 Å². The number of hydrogen-bond donors (Lipinski definition) is 1. The van der Waals surface area contributed by atoms with Crippen LogP contribution in [-0.4, -0.2) is 53.5 Å². The van der Waals surface area contributed by atoms with Gasteiger partial charge in [-0.05, 0) is 57.0 Å². The molecule has 0 saturated carbocycles. The van der Waals surface area contributed by atoms with Crippen LogP contribution in [-0.2, 0) is 16.4 Å². The third kappa shape index (κ3) is 4.77. The lowest BCUT2D eigenvalue weighted by Gasteiger charge is -2.19. The number of aromatic nitrogens is 2. The summed E-state index contributed by atoms with van der Waals surface area (Å²) in [6.45, 7) is 5.96. The molecular formula is C24H28N4O5S. The van der Waals surface area contributed by atoms with Crippen molar-refractivity contribution in [3.8, 4) is 0 Å². The van der Waals surface area contributed by atoms with Crippen molar-refractivity contribution in [2.45, 2.75) is 39.8 Å². The van der Waals surface area contributed by atoms with Crippen molar-refractivity contribution in [3.63, 3.8) is 0 Å². The minimum atomic E-state index is -3.03. The largest absolute Gasteiger partial charge is 0.459 e. The minimum absolute atomic E-state index is 0.0963. The highest BCUT2D eigenvalue weighted by molar-refractivity contribution is 7.91. The lowest BCUT2D eigenvalue weighted by Crippen LogP contribution is -2.27. The van der Waals surface area contributed by atoms with E-state index >= 15 is 0 Å². The molecule has 10 heteroatoms. The molecule has 34 heavy (non-hydrogen) atoms. The van der Waals surface area contributed by atoms with Crippen molar-refractivity contribution >= 4 is 27.3 Å². The quantitative estimate of drug-likeness (QED) is 0.574. The van der Waals surface area contributed by atoms with E-state index in [4.69, 9.17) is 4.42 Å². The molecule has 1 N–H and O–H groups in total. The van der Waals surface area contributed by atoms with E-state index < -0.39 is 15.7 Å². The summed E-state index contributed by atoms with van der Waals surface area (Å²) in [7, 11) is -1.32. The van der Waals surface area contributed by atoms with Crippen LogP contribution in [0.5, 0.6) is 0 Å². The van der Waals surface area contributed by atoms with Gasteiger partial charge in [-0.15, -0.1) is 0 Å². The zero-order valence-electron chi connectivity index (χ0n) is 19.7. The second-order valence-corrected chi connectivity index (χ2v) is 11.0. The van der Waals surface area contributed by atoms with Crippen LogP contribution in [0.25, 0.3) is 0 Å². The van der Waals surface area contributed by atoms with E-state index in [2.05, 4.69) is 10.4 Å². The third-order valence-corrected chi connectivity index (χ3v) is 8.00. The molecule has 2 aromatic heterocycles. The first-order valence-electron chi connectivity index (χ1n) is 11.0. The Bertz CT molecular complexity index is 1340. The minimum Gasteiger partial charge on any atom is -0.459 e.